The summed E-state index contributed by atoms with van der Waals surface area (Å²) in [5, 5.41) is 9.02. The van der Waals surface area contributed by atoms with Crippen LogP contribution in [0.15, 0.2) is 24.4 Å². The van der Waals surface area contributed by atoms with Gasteiger partial charge in [0.2, 0.25) is 0 Å². The molecule has 0 unspecified atom stereocenters. The summed E-state index contributed by atoms with van der Waals surface area (Å²) < 4.78 is 45.2. The summed E-state index contributed by atoms with van der Waals surface area (Å²) in [5.41, 5.74) is 4.34. The quantitative estimate of drug-likeness (QED) is 0.861. The second kappa shape index (κ2) is 5.68. The zero-order chi connectivity index (χ0) is 17.4. The molecule has 0 saturated heterocycles. The first-order chi connectivity index (χ1) is 10.7. The SMILES string of the molecule is COC(=O)c1c(N)c(C#N)cn1-c1cc(C)ccc1C(F)(F)F. The van der Waals surface area contributed by atoms with E-state index >= 15 is 0 Å². The molecule has 1 aromatic carbocycles. The van der Waals surface area contributed by atoms with Crippen LogP contribution in [0.25, 0.3) is 5.69 Å². The molecule has 0 spiro atoms. The van der Waals surface area contributed by atoms with Crippen LogP contribution in [0, 0.1) is 18.3 Å². The van der Waals surface area contributed by atoms with Crippen molar-refractivity contribution in [3.8, 4) is 11.8 Å². The number of hydrogen-bond donors (Lipinski definition) is 1. The van der Waals surface area contributed by atoms with E-state index in [0.29, 0.717) is 5.56 Å². The molecule has 1 heterocycles. The highest BCUT2D eigenvalue weighted by atomic mass is 19.4. The molecular weight excluding hydrogens is 311 g/mol. The Labute approximate surface area is 129 Å². The van der Waals surface area contributed by atoms with E-state index in [1.54, 1.807) is 13.0 Å². The smallest absolute Gasteiger partial charge is 0.418 e. The second-order valence-electron chi connectivity index (χ2n) is 4.80. The van der Waals surface area contributed by atoms with Crippen molar-refractivity contribution >= 4 is 11.7 Å². The largest absolute Gasteiger partial charge is 0.464 e. The van der Waals surface area contributed by atoms with Crippen LogP contribution in [-0.4, -0.2) is 17.6 Å². The van der Waals surface area contributed by atoms with Crippen molar-refractivity contribution in [1.82, 2.24) is 4.57 Å². The third-order valence-electron chi connectivity index (χ3n) is 3.26. The van der Waals surface area contributed by atoms with E-state index in [1.807, 2.05) is 0 Å². The standard InChI is InChI=1S/C15H12F3N3O2/c1-8-3-4-10(15(16,17)18)11(5-8)21-7-9(6-19)12(20)13(21)14(22)23-2/h3-5,7H,20H2,1-2H3. The first-order valence-electron chi connectivity index (χ1n) is 6.38. The number of aromatic nitrogens is 1. The van der Waals surface area contributed by atoms with E-state index in [1.165, 1.54) is 12.1 Å². The first kappa shape index (κ1) is 16.4. The average Bonchev–Trinajstić information content (AvgIpc) is 2.81. The van der Waals surface area contributed by atoms with Crippen LogP contribution in [-0.2, 0) is 10.9 Å². The van der Waals surface area contributed by atoms with Gasteiger partial charge in [-0.25, -0.2) is 4.79 Å². The lowest BCUT2D eigenvalue weighted by Gasteiger charge is -2.16. The highest BCUT2D eigenvalue weighted by molar-refractivity contribution is 5.96. The lowest BCUT2D eigenvalue weighted by molar-refractivity contribution is -0.137. The van der Waals surface area contributed by atoms with E-state index < -0.39 is 17.7 Å². The minimum absolute atomic E-state index is 0.111. The maximum Gasteiger partial charge on any atom is 0.418 e. The number of hydrogen-bond acceptors (Lipinski definition) is 4. The number of carbonyl (C=O) groups excluding carboxylic acids is 1. The van der Waals surface area contributed by atoms with E-state index in [0.717, 1.165) is 23.9 Å². The lowest BCUT2D eigenvalue weighted by Crippen LogP contribution is -2.15. The summed E-state index contributed by atoms with van der Waals surface area (Å²) in [6.45, 7) is 1.61. The zero-order valence-electron chi connectivity index (χ0n) is 12.2. The van der Waals surface area contributed by atoms with Crippen LogP contribution in [0.4, 0.5) is 18.9 Å². The van der Waals surface area contributed by atoms with Crippen LogP contribution in [0.1, 0.15) is 27.2 Å². The maximum atomic E-state index is 13.2. The Morgan fingerprint density at radius 1 is 1.39 bits per heavy atom. The van der Waals surface area contributed by atoms with Gasteiger partial charge in [0.15, 0.2) is 5.69 Å². The van der Waals surface area contributed by atoms with Gasteiger partial charge in [-0.05, 0) is 24.6 Å². The van der Waals surface area contributed by atoms with Gasteiger partial charge in [0, 0.05) is 6.20 Å². The molecule has 0 atom stereocenters. The minimum Gasteiger partial charge on any atom is -0.464 e. The maximum absolute atomic E-state index is 13.2. The number of carbonyl (C=O) groups is 1. The highest BCUT2D eigenvalue weighted by Crippen LogP contribution is 2.36. The van der Waals surface area contributed by atoms with Crippen LogP contribution in [0.3, 0.4) is 0 Å². The van der Waals surface area contributed by atoms with Crippen molar-refractivity contribution in [1.29, 1.82) is 5.26 Å². The molecule has 120 valence electrons. The molecule has 0 radical (unpaired) electrons. The number of methoxy groups -OCH3 is 1. The molecular formula is C15H12F3N3O2. The Balaban J connectivity index is 2.85. The third kappa shape index (κ3) is 2.85. The number of esters is 1. The molecule has 0 aliphatic rings. The molecule has 23 heavy (non-hydrogen) atoms. The number of nitriles is 1. The fourth-order valence-electron chi connectivity index (χ4n) is 2.19. The Kier molecular flexibility index (Phi) is 4.06. The van der Waals surface area contributed by atoms with Gasteiger partial charge in [0.25, 0.3) is 0 Å². The summed E-state index contributed by atoms with van der Waals surface area (Å²) in [6, 6.07) is 5.22. The number of halogens is 3. The van der Waals surface area contributed by atoms with Crippen LogP contribution < -0.4 is 5.73 Å². The minimum atomic E-state index is -4.64. The van der Waals surface area contributed by atoms with Crippen molar-refractivity contribution in [2.45, 2.75) is 13.1 Å². The van der Waals surface area contributed by atoms with E-state index in [2.05, 4.69) is 4.74 Å². The van der Waals surface area contributed by atoms with E-state index in [9.17, 15) is 18.0 Å². The fourth-order valence-corrected chi connectivity index (χ4v) is 2.19. The van der Waals surface area contributed by atoms with Gasteiger partial charge < -0.3 is 15.0 Å². The van der Waals surface area contributed by atoms with Gasteiger partial charge in [0.1, 0.15) is 6.07 Å². The number of ether oxygens (including phenoxy) is 1. The summed E-state index contributed by atoms with van der Waals surface area (Å²) in [6.07, 6.45) is -3.55. The second-order valence-corrected chi connectivity index (χ2v) is 4.80. The number of nitrogen functional groups attached to an aromatic ring is 1. The molecule has 0 aliphatic heterocycles. The van der Waals surface area contributed by atoms with Crippen molar-refractivity contribution < 1.29 is 22.7 Å². The molecule has 0 amide bonds. The zero-order valence-corrected chi connectivity index (χ0v) is 12.2. The fraction of sp³-hybridized carbons (Fsp3) is 0.200. The van der Waals surface area contributed by atoms with Crippen molar-refractivity contribution in [3.05, 3.63) is 46.8 Å². The van der Waals surface area contributed by atoms with Gasteiger partial charge in [-0.2, -0.15) is 18.4 Å². The van der Waals surface area contributed by atoms with Crippen LogP contribution in [0.2, 0.25) is 0 Å². The number of nitrogens with two attached hydrogens (primary N) is 1. The van der Waals surface area contributed by atoms with Crippen molar-refractivity contribution in [2.24, 2.45) is 0 Å². The summed E-state index contributed by atoms with van der Waals surface area (Å²) in [5.74, 6) is -0.932. The average molecular weight is 323 g/mol. The molecule has 2 aromatic rings. The number of aryl methyl sites for hydroxylation is 1. The molecule has 0 fully saturated rings. The van der Waals surface area contributed by atoms with Crippen molar-refractivity contribution in [3.63, 3.8) is 0 Å². The Bertz CT molecular complexity index is 817. The molecule has 0 saturated carbocycles. The molecule has 5 nitrogen and oxygen atoms in total. The first-order valence-corrected chi connectivity index (χ1v) is 6.38. The lowest BCUT2D eigenvalue weighted by atomic mass is 10.1. The summed E-state index contributed by atoms with van der Waals surface area (Å²) >= 11 is 0. The van der Waals surface area contributed by atoms with E-state index in [4.69, 9.17) is 11.0 Å². The molecule has 1 aromatic heterocycles. The van der Waals surface area contributed by atoms with Crippen LogP contribution in [0.5, 0.6) is 0 Å². The molecule has 2 N–H and O–H groups in total. The van der Waals surface area contributed by atoms with Gasteiger partial charge >= 0.3 is 12.1 Å². The topological polar surface area (TPSA) is 81.0 Å². The Morgan fingerprint density at radius 3 is 2.57 bits per heavy atom. The van der Waals surface area contributed by atoms with E-state index in [-0.39, 0.29) is 22.6 Å². The normalized spacial score (nSPS) is 11.1. The number of rotatable bonds is 2. The monoisotopic (exact) mass is 323 g/mol. The van der Waals surface area contributed by atoms with Crippen LogP contribution >= 0.6 is 0 Å². The summed E-state index contributed by atoms with van der Waals surface area (Å²) in [4.78, 5) is 11.9. The third-order valence-corrected chi connectivity index (χ3v) is 3.26. The number of alkyl halides is 3. The Hall–Kier alpha value is -2.95. The van der Waals surface area contributed by atoms with Gasteiger partial charge in [0.05, 0.1) is 29.6 Å². The molecule has 0 bridgehead atoms. The Morgan fingerprint density at radius 2 is 2.04 bits per heavy atom. The van der Waals surface area contributed by atoms with Gasteiger partial charge in [-0.1, -0.05) is 6.07 Å². The number of anilines is 1. The molecule has 8 heteroatoms. The molecule has 2 rings (SSSR count). The van der Waals surface area contributed by atoms with Crippen molar-refractivity contribution in [2.75, 3.05) is 12.8 Å². The predicted molar refractivity (Wildman–Crippen MR) is 76.0 cm³/mol. The van der Waals surface area contributed by atoms with Gasteiger partial charge in [-0.15, -0.1) is 0 Å². The van der Waals surface area contributed by atoms with Gasteiger partial charge in [-0.3, -0.25) is 0 Å². The highest BCUT2D eigenvalue weighted by Gasteiger charge is 2.35. The summed E-state index contributed by atoms with van der Waals surface area (Å²) in [7, 11) is 1.08. The predicted octanol–water partition coefficient (Wildman–Crippen LogP) is 3.05. The number of benzene rings is 1. The molecule has 0 aliphatic carbocycles. The number of nitrogens with zero attached hydrogens (tertiary/aromatic N) is 2.